The quantitative estimate of drug-likeness (QED) is 0.835. The van der Waals surface area contributed by atoms with Crippen molar-refractivity contribution in [1.82, 2.24) is 24.9 Å². The number of carbonyl (C=O) groups is 1. The van der Waals surface area contributed by atoms with Crippen LogP contribution in [0.2, 0.25) is 5.02 Å². The molecule has 3 heterocycles. The van der Waals surface area contributed by atoms with Gasteiger partial charge in [0.05, 0.1) is 10.6 Å². The number of hydrogen-bond donors (Lipinski definition) is 0. The predicted octanol–water partition coefficient (Wildman–Crippen LogP) is 1.56. The van der Waals surface area contributed by atoms with Crippen LogP contribution < -0.4 is 0 Å². The second-order valence-electron chi connectivity index (χ2n) is 5.28. The topological polar surface area (TPSA) is 75.4 Å². The second-order valence-corrected chi connectivity index (χ2v) is 5.69. The van der Waals surface area contributed by atoms with E-state index in [1.54, 1.807) is 24.1 Å². The zero-order valence-corrected chi connectivity index (χ0v) is 13.1. The maximum atomic E-state index is 12.6. The second kappa shape index (κ2) is 6.02. The molecular formula is C14H16ClN5O2. The van der Waals surface area contributed by atoms with Gasteiger partial charge in [0.15, 0.2) is 5.82 Å². The average Bonchev–Trinajstić information content (AvgIpc) is 2.94. The third kappa shape index (κ3) is 2.82. The van der Waals surface area contributed by atoms with Gasteiger partial charge in [0.2, 0.25) is 5.89 Å². The van der Waals surface area contributed by atoms with Gasteiger partial charge in [0.25, 0.3) is 5.91 Å². The molecule has 0 radical (unpaired) electrons. The number of nitrogens with zero attached hydrogens (tertiary/aromatic N) is 5. The van der Waals surface area contributed by atoms with E-state index >= 15 is 0 Å². The number of likely N-dealkylation sites (N-methyl/N-ethyl adjacent to an activating group) is 1. The lowest BCUT2D eigenvalue weighted by molar-refractivity contribution is 0.0489. The molecule has 8 heteroatoms. The highest BCUT2D eigenvalue weighted by Crippen LogP contribution is 2.25. The highest BCUT2D eigenvalue weighted by atomic mass is 35.5. The first-order chi connectivity index (χ1) is 10.6. The summed E-state index contributed by atoms with van der Waals surface area (Å²) in [5, 5.41) is 4.18. The number of pyridine rings is 1. The van der Waals surface area contributed by atoms with E-state index < -0.39 is 0 Å². The van der Waals surface area contributed by atoms with Crippen molar-refractivity contribution in [3.05, 3.63) is 40.8 Å². The molecule has 22 heavy (non-hydrogen) atoms. The van der Waals surface area contributed by atoms with Gasteiger partial charge in [-0.2, -0.15) is 4.98 Å². The number of rotatable bonds is 2. The zero-order chi connectivity index (χ0) is 15.7. The molecule has 0 unspecified atom stereocenters. The lowest BCUT2D eigenvalue weighted by atomic mass is 10.1. The van der Waals surface area contributed by atoms with Crippen LogP contribution in [-0.4, -0.2) is 57.5 Å². The van der Waals surface area contributed by atoms with E-state index in [1.165, 1.54) is 6.20 Å². The predicted molar refractivity (Wildman–Crippen MR) is 79.6 cm³/mol. The summed E-state index contributed by atoms with van der Waals surface area (Å²) in [6, 6.07) is 1.52. The van der Waals surface area contributed by atoms with Crippen LogP contribution in [0.15, 0.2) is 23.0 Å². The Hall–Kier alpha value is -1.99. The average molecular weight is 322 g/mol. The standard InChI is InChI=1S/C14H16ClN5O2/c1-9-17-13(22-18-9)12-8-20(6-5-19(12)2)14(21)10-3-4-16-7-11(10)15/h3-4,7,12H,5-6,8H2,1-2H3/t12-/m0/s1. The Kier molecular flexibility index (Phi) is 4.08. The summed E-state index contributed by atoms with van der Waals surface area (Å²) in [6.07, 6.45) is 3.04. The van der Waals surface area contributed by atoms with Gasteiger partial charge in [0, 0.05) is 32.0 Å². The van der Waals surface area contributed by atoms with Gasteiger partial charge in [-0.1, -0.05) is 16.8 Å². The van der Waals surface area contributed by atoms with Gasteiger partial charge in [-0.3, -0.25) is 14.7 Å². The van der Waals surface area contributed by atoms with Crippen LogP contribution in [0.5, 0.6) is 0 Å². The summed E-state index contributed by atoms with van der Waals surface area (Å²) < 4.78 is 5.25. The third-order valence-corrected chi connectivity index (χ3v) is 4.07. The smallest absolute Gasteiger partial charge is 0.255 e. The molecule has 0 aliphatic carbocycles. The Bertz CT molecular complexity index is 689. The summed E-state index contributed by atoms with van der Waals surface area (Å²) >= 11 is 6.06. The fourth-order valence-corrected chi connectivity index (χ4v) is 2.69. The molecule has 2 aromatic heterocycles. The van der Waals surface area contributed by atoms with Crippen LogP contribution in [-0.2, 0) is 0 Å². The van der Waals surface area contributed by atoms with E-state index in [0.29, 0.717) is 35.4 Å². The molecule has 0 spiro atoms. The van der Waals surface area contributed by atoms with Crippen molar-refractivity contribution < 1.29 is 9.32 Å². The number of aromatic nitrogens is 3. The maximum absolute atomic E-state index is 12.6. The fraction of sp³-hybridized carbons (Fsp3) is 0.429. The van der Waals surface area contributed by atoms with Crippen molar-refractivity contribution >= 4 is 17.5 Å². The van der Waals surface area contributed by atoms with E-state index in [4.69, 9.17) is 16.1 Å². The Morgan fingerprint density at radius 2 is 2.27 bits per heavy atom. The summed E-state index contributed by atoms with van der Waals surface area (Å²) in [5.74, 6) is 1.00. The summed E-state index contributed by atoms with van der Waals surface area (Å²) in [6.45, 7) is 3.60. The SMILES string of the molecule is Cc1noc([C@@H]2CN(C(=O)c3ccncc3Cl)CCN2C)n1. The van der Waals surface area contributed by atoms with Crippen molar-refractivity contribution in [2.75, 3.05) is 26.7 Å². The molecular weight excluding hydrogens is 306 g/mol. The van der Waals surface area contributed by atoms with Gasteiger partial charge in [-0.05, 0) is 20.0 Å². The molecule has 7 nitrogen and oxygen atoms in total. The highest BCUT2D eigenvalue weighted by molar-refractivity contribution is 6.33. The maximum Gasteiger partial charge on any atom is 0.255 e. The molecule has 1 atom stereocenters. The molecule has 1 saturated heterocycles. The Labute approximate surface area is 132 Å². The minimum Gasteiger partial charge on any atom is -0.338 e. The number of halogens is 1. The number of piperazine rings is 1. The van der Waals surface area contributed by atoms with Gasteiger partial charge in [0.1, 0.15) is 6.04 Å². The normalized spacial score (nSPS) is 19.4. The van der Waals surface area contributed by atoms with E-state index in [2.05, 4.69) is 20.0 Å². The van der Waals surface area contributed by atoms with Crippen molar-refractivity contribution in [1.29, 1.82) is 0 Å². The van der Waals surface area contributed by atoms with Gasteiger partial charge >= 0.3 is 0 Å². The number of aryl methyl sites for hydroxylation is 1. The number of carbonyl (C=O) groups excluding carboxylic acids is 1. The highest BCUT2D eigenvalue weighted by Gasteiger charge is 2.32. The first-order valence-corrected chi connectivity index (χ1v) is 7.33. The first kappa shape index (κ1) is 14.9. The third-order valence-electron chi connectivity index (χ3n) is 3.77. The molecule has 0 bridgehead atoms. The lowest BCUT2D eigenvalue weighted by Crippen LogP contribution is -2.49. The minimum atomic E-state index is -0.112. The summed E-state index contributed by atoms with van der Waals surface area (Å²) in [7, 11) is 1.98. The van der Waals surface area contributed by atoms with E-state index in [-0.39, 0.29) is 11.9 Å². The van der Waals surface area contributed by atoms with Crippen LogP contribution in [0.1, 0.15) is 28.1 Å². The van der Waals surface area contributed by atoms with E-state index in [9.17, 15) is 4.79 Å². The number of hydrogen-bond acceptors (Lipinski definition) is 6. The monoisotopic (exact) mass is 321 g/mol. The first-order valence-electron chi connectivity index (χ1n) is 6.95. The molecule has 0 aromatic carbocycles. The van der Waals surface area contributed by atoms with Crippen molar-refractivity contribution in [3.63, 3.8) is 0 Å². The molecule has 0 saturated carbocycles. The number of amides is 1. The van der Waals surface area contributed by atoms with Crippen LogP contribution >= 0.6 is 11.6 Å². The van der Waals surface area contributed by atoms with Crippen LogP contribution in [0, 0.1) is 6.92 Å². The largest absolute Gasteiger partial charge is 0.338 e. The zero-order valence-electron chi connectivity index (χ0n) is 12.4. The Morgan fingerprint density at radius 3 is 2.95 bits per heavy atom. The van der Waals surface area contributed by atoms with Gasteiger partial charge < -0.3 is 9.42 Å². The van der Waals surface area contributed by atoms with Crippen LogP contribution in [0.4, 0.5) is 0 Å². The molecule has 1 aliphatic heterocycles. The molecule has 116 valence electrons. The molecule has 2 aromatic rings. The van der Waals surface area contributed by atoms with Crippen molar-refractivity contribution in [2.45, 2.75) is 13.0 Å². The van der Waals surface area contributed by atoms with Gasteiger partial charge in [-0.15, -0.1) is 0 Å². The van der Waals surface area contributed by atoms with Gasteiger partial charge in [-0.25, -0.2) is 0 Å². The summed E-state index contributed by atoms with van der Waals surface area (Å²) in [5.41, 5.74) is 0.460. The Morgan fingerprint density at radius 1 is 1.45 bits per heavy atom. The molecule has 1 amide bonds. The fourth-order valence-electron chi connectivity index (χ4n) is 2.49. The molecule has 1 aliphatic rings. The Balaban J connectivity index is 1.81. The van der Waals surface area contributed by atoms with Crippen LogP contribution in [0.25, 0.3) is 0 Å². The molecule has 3 rings (SSSR count). The van der Waals surface area contributed by atoms with Crippen molar-refractivity contribution in [3.8, 4) is 0 Å². The van der Waals surface area contributed by atoms with E-state index in [1.807, 2.05) is 7.05 Å². The van der Waals surface area contributed by atoms with Crippen molar-refractivity contribution in [2.24, 2.45) is 0 Å². The molecule has 0 N–H and O–H groups in total. The lowest BCUT2D eigenvalue weighted by Gasteiger charge is -2.37. The summed E-state index contributed by atoms with van der Waals surface area (Å²) in [4.78, 5) is 24.7. The van der Waals surface area contributed by atoms with Crippen LogP contribution in [0.3, 0.4) is 0 Å². The van der Waals surface area contributed by atoms with E-state index in [0.717, 1.165) is 6.54 Å². The minimum absolute atomic E-state index is 0.110. The molecule has 1 fully saturated rings.